The number of aryl methyl sites for hydroxylation is 1. The van der Waals surface area contributed by atoms with Crippen molar-refractivity contribution in [1.29, 1.82) is 0 Å². The van der Waals surface area contributed by atoms with Crippen LogP contribution in [0.3, 0.4) is 0 Å². The van der Waals surface area contributed by atoms with Crippen LogP contribution in [0.1, 0.15) is 15.9 Å². The van der Waals surface area contributed by atoms with Crippen LogP contribution >= 0.6 is 15.9 Å². The van der Waals surface area contributed by atoms with Gasteiger partial charge in [0.25, 0.3) is 5.91 Å². The van der Waals surface area contributed by atoms with E-state index in [4.69, 9.17) is 4.74 Å². The lowest BCUT2D eigenvalue weighted by Crippen LogP contribution is -2.30. The van der Waals surface area contributed by atoms with Crippen LogP contribution in [0.4, 0.5) is 0 Å². The minimum atomic E-state index is -0.238. The van der Waals surface area contributed by atoms with Crippen LogP contribution in [0.2, 0.25) is 0 Å². The third kappa shape index (κ3) is 4.24. The van der Waals surface area contributed by atoms with Gasteiger partial charge in [-0.25, -0.2) is 0 Å². The van der Waals surface area contributed by atoms with Crippen molar-refractivity contribution in [2.24, 2.45) is 0 Å². The summed E-state index contributed by atoms with van der Waals surface area (Å²) < 4.78 is 6.36. The van der Waals surface area contributed by atoms with E-state index in [1.165, 1.54) is 11.0 Å². The molecule has 4 nitrogen and oxygen atoms in total. The molecule has 0 saturated carbocycles. The zero-order chi connectivity index (χ0) is 16.1. The van der Waals surface area contributed by atoms with Crippen LogP contribution in [0, 0.1) is 6.92 Å². The number of amides is 1. The Morgan fingerprint density at radius 1 is 1.27 bits per heavy atom. The van der Waals surface area contributed by atoms with Gasteiger partial charge in [0.15, 0.2) is 0 Å². The molecule has 2 aromatic carbocycles. The number of carbonyl (C=O) groups is 1. The lowest BCUT2D eigenvalue weighted by atomic mass is 10.2. The third-order valence-electron chi connectivity index (χ3n) is 3.22. The van der Waals surface area contributed by atoms with Crippen molar-refractivity contribution in [2.45, 2.75) is 6.92 Å². The molecule has 2 rings (SSSR count). The topological polar surface area (TPSA) is 49.8 Å². The lowest BCUT2D eigenvalue weighted by Gasteiger charge is -2.18. The molecular formula is C17H18BrNO3. The fourth-order valence-electron chi connectivity index (χ4n) is 2.00. The summed E-state index contributed by atoms with van der Waals surface area (Å²) in [6.07, 6.45) is 0. The summed E-state index contributed by atoms with van der Waals surface area (Å²) >= 11 is 3.25. The van der Waals surface area contributed by atoms with Crippen molar-refractivity contribution in [3.8, 4) is 11.5 Å². The molecule has 2 aromatic rings. The monoisotopic (exact) mass is 363 g/mol. The number of rotatable bonds is 5. The Bertz CT molecular complexity index is 673. The van der Waals surface area contributed by atoms with E-state index in [-0.39, 0.29) is 17.2 Å². The van der Waals surface area contributed by atoms with E-state index < -0.39 is 0 Å². The van der Waals surface area contributed by atoms with E-state index in [2.05, 4.69) is 15.9 Å². The average Bonchev–Trinajstić information content (AvgIpc) is 2.46. The quantitative estimate of drug-likeness (QED) is 0.882. The van der Waals surface area contributed by atoms with Crippen LogP contribution in [0.15, 0.2) is 46.9 Å². The highest BCUT2D eigenvalue weighted by Gasteiger charge is 2.15. The number of likely N-dealkylation sites (N-methyl/N-ethyl adjacent to an activating group) is 1. The molecule has 0 aliphatic carbocycles. The molecule has 0 spiro atoms. The maximum atomic E-state index is 12.3. The van der Waals surface area contributed by atoms with Crippen LogP contribution in [-0.4, -0.2) is 36.1 Å². The number of phenolic OH excluding ortho intramolecular Hbond substituents is 1. The van der Waals surface area contributed by atoms with Crippen molar-refractivity contribution in [3.63, 3.8) is 0 Å². The second kappa shape index (κ2) is 7.31. The van der Waals surface area contributed by atoms with Gasteiger partial charge < -0.3 is 14.7 Å². The molecule has 5 heteroatoms. The second-order valence-electron chi connectivity index (χ2n) is 5.05. The van der Waals surface area contributed by atoms with Gasteiger partial charge in [-0.05, 0) is 42.8 Å². The molecule has 0 aromatic heterocycles. The minimum Gasteiger partial charge on any atom is -0.507 e. The van der Waals surface area contributed by atoms with Gasteiger partial charge in [-0.1, -0.05) is 28.1 Å². The van der Waals surface area contributed by atoms with Crippen LogP contribution < -0.4 is 4.74 Å². The van der Waals surface area contributed by atoms with Gasteiger partial charge in [0.2, 0.25) is 0 Å². The van der Waals surface area contributed by atoms with E-state index in [0.717, 1.165) is 15.8 Å². The fraction of sp³-hybridized carbons (Fsp3) is 0.235. The second-order valence-corrected chi connectivity index (χ2v) is 5.97. The van der Waals surface area contributed by atoms with Crippen molar-refractivity contribution in [3.05, 3.63) is 58.1 Å². The normalized spacial score (nSPS) is 10.3. The number of phenols is 1. The number of carbonyl (C=O) groups excluding carboxylic acids is 1. The Labute approximate surface area is 138 Å². The molecule has 22 heavy (non-hydrogen) atoms. The molecule has 0 radical (unpaired) electrons. The summed E-state index contributed by atoms with van der Waals surface area (Å²) in [5.41, 5.74) is 1.41. The van der Waals surface area contributed by atoms with E-state index in [9.17, 15) is 9.90 Å². The summed E-state index contributed by atoms with van der Waals surface area (Å²) in [6.45, 7) is 2.82. The van der Waals surface area contributed by atoms with Gasteiger partial charge in [-0.3, -0.25) is 4.79 Å². The molecule has 0 unspecified atom stereocenters. The average molecular weight is 364 g/mol. The smallest absolute Gasteiger partial charge is 0.257 e. The number of ether oxygens (including phenoxy) is 1. The van der Waals surface area contributed by atoms with Gasteiger partial charge in [0.1, 0.15) is 18.1 Å². The number of hydrogen-bond acceptors (Lipinski definition) is 3. The SMILES string of the molecule is Cc1cccc(OCCN(C)C(=O)c2ccc(Br)cc2O)c1. The predicted molar refractivity (Wildman–Crippen MR) is 89.4 cm³/mol. The first-order valence-corrected chi connectivity index (χ1v) is 7.70. The van der Waals surface area contributed by atoms with Crippen LogP contribution in [-0.2, 0) is 0 Å². The van der Waals surface area contributed by atoms with Gasteiger partial charge in [0, 0.05) is 11.5 Å². The van der Waals surface area contributed by atoms with Gasteiger partial charge in [-0.15, -0.1) is 0 Å². The maximum absolute atomic E-state index is 12.3. The van der Waals surface area contributed by atoms with E-state index in [1.54, 1.807) is 19.2 Å². The van der Waals surface area contributed by atoms with Crippen LogP contribution in [0.25, 0.3) is 0 Å². The standard InChI is InChI=1S/C17H18BrNO3/c1-12-4-3-5-14(10-12)22-9-8-19(2)17(21)15-7-6-13(18)11-16(15)20/h3-7,10-11,20H,8-9H2,1-2H3. The highest BCUT2D eigenvalue weighted by Crippen LogP contribution is 2.23. The largest absolute Gasteiger partial charge is 0.507 e. The lowest BCUT2D eigenvalue weighted by molar-refractivity contribution is 0.0770. The first-order chi connectivity index (χ1) is 10.5. The third-order valence-corrected chi connectivity index (χ3v) is 3.72. The molecule has 0 aliphatic rings. The molecule has 0 saturated heterocycles. The first-order valence-electron chi connectivity index (χ1n) is 6.91. The summed E-state index contributed by atoms with van der Waals surface area (Å²) in [6, 6.07) is 12.6. The number of halogens is 1. The maximum Gasteiger partial charge on any atom is 0.257 e. The predicted octanol–water partition coefficient (Wildman–Crippen LogP) is 3.61. The molecule has 0 heterocycles. The van der Waals surface area contributed by atoms with E-state index in [0.29, 0.717) is 13.2 Å². The molecule has 0 atom stereocenters. The number of benzene rings is 2. The summed E-state index contributed by atoms with van der Waals surface area (Å²) in [5, 5.41) is 9.84. The highest BCUT2D eigenvalue weighted by atomic mass is 79.9. The van der Waals surface area contributed by atoms with E-state index in [1.807, 2.05) is 31.2 Å². The Balaban J connectivity index is 1.91. The molecule has 1 amide bonds. The Kier molecular flexibility index (Phi) is 5.44. The Morgan fingerprint density at radius 2 is 2.05 bits per heavy atom. The molecule has 0 fully saturated rings. The number of aromatic hydroxyl groups is 1. The van der Waals surface area contributed by atoms with E-state index >= 15 is 0 Å². The van der Waals surface area contributed by atoms with Gasteiger partial charge >= 0.3 is 0 Å². The molecule has 0 aliphatic heterocycles. The number of hydrogen-bond donors (Lipinski definition) is 1. The molecule has 0 bridgehead atoms. The number of nitrogens with zero attached hydrogens (tertiary/aromatic N) is 1. The minimum absolute atomic E-state index is 0.0363. The van der Waals surface area contributed by atoms with Gasteiger partial charge in [0.05, 0.1) is 12.1 Å². The molecule has 116 valence electrons. The fourth-order valence-corrected chi connectivity index (χ4v) is 2.35. The van der Waals surface area contributed by atoms with Crippen molar-refractivity contribution in [2.75, 3.05) is 20.2 Å². The summed E-state index contributed by atoms with van der Waals surface area (Å²) in [4.78, 5) is 13.8. The Morgan fingerprint density at radius 3 is 2.73 bits per heavy atom. The van der Waals surface area contributed by atoms with Crippen molar-refractivity contribution >= 4 is 21.8 Å². The molecule has 1 N–H and O–H groups in total. The zero-order valence-corrected chi connectivity index (χ0v) is 14.1. The molecular weight excluding hydrogens is 346 g/mol. The first kappa shape index (κ1) is 16.4. The zero-order valence-electron chi connectivity index (χ0n) is 12.5. The van der Waals surface area contributed by atoms with Crippen molar-refractivity contribution in [1.82, 2.24) is 4.90 Å². The summed E-state index contributed by atoms with van der Waals surface area (Å²) in [7, 11) is 1.68. The van der Waals surface area contributed by atoms with Crippen molar-refractivity contribution < 1.29 is 14.6 Å². The van der Waals surface area contributed by atoms with Crippen LogP contribution in [0.5, 0.6) is 11.5 Å². The summed E-state index contributed by atoms with van der Waals surface area (Å²) in [5.74, 6) is 0.510. The van der Waals surface area contributed by atoms with Gasteiger partial charge in [-0.2, -0.15) is 0 Å². The highest BCUT2D eigenvalue weighted by molar-refractivity contribution is 9.10. The Hall–Kier alpha value is -2.01.